The van der Waals surface area contributed by atoms with Gasteiger partial charge in [0.2, 0.25) is 0 Å². The van der Waals surface area contributed by atoms with Crippen LogP contribution >= 0.6 is 15.9 Å². The number of hydrogen-bond acceptors (Lipinski definition) is 1. The predicted molar refractivity (Wildman–Crippen MR) is 51.1 cm³/mol. The van der Waals surface area contributed by atoms with E-state index in [2.05, 4.69) is 22.9 Å². The van der Waals surface area contributed by atoms with Gasteiger partial charge in [0.25, 0.3) is 0 Å². The topological polar surface area (TPSA) is 9.23 Å². The molecule has 0 bridgehead atoms. The smallest absolute Gasteiger partial charge is 0.0467 e. The molecule has 0 saturated heterocycles. The average molecular weight is 221 g/mol. The van der Waals surface area contributed by atoms with Crippen molar-refractivity contribution in [3.63, 3.8) is 0 Å². The lowest BCUT2D eigenvalue weighted by atomic mass is 9.62. The minimum atomic E-state index is 0.579. The molecule has 1 fully saturated rings. The summed E-state index contributed by atoms with van der Waals surface area (Å²) in [6, 6.07) is 0. The first kappa shape index (κ1) is 9.53. The molecule has 1 aliphatic carbocycles. The van der Waals surface area contributed by atoms with Crippen LogP contribution in [0.4, 0.5) is 0 Å². The summed E-state index contributed by atoms with van der Waals surface area (Å²) in [4.78, 5) is 0. The van der Waals surface area contributed by atoms with E-state index in [-0.39, 0.29) is 0 Å². The predicted octanol–water partition coefficient (Wildman–Crippen LogP) is 2.83. The van der Waals surface area contributed by atoms with Crippen molar-refractivity contribution in [2.45, 2.75) is 26.2 Å². The Kier molecular flexibility index (Phi) is 3.38. The van der Waals surface area contributed by atoms with Crippen molar-refractivity contribution in [2.75, 3.05) is 19.0 Å². The molecular formula is C9H17BrO. The lowest BCUT2D eigenvalue weighted by Gasteiger charge is -2.45. The Balaban J connectivity index is 2.26. The van der Waals surface area contributed by atoms with Gasteiger partial charge in [-0.1, -0.05) is 22.9 Å². The number of rotatable bonds is 4. The van der Waals surface area contributed by atoms with E-state index in [0.717, 1.165) is 17.9 Å². The molecule has 0 N–H and O–H groups in total. The zero-order valence-electron chi connectivity index (χ0n) is 7.40. The van der Waals surface area contributed by atoms with E-state index in [0.29, 0.717) is 5.41 Å². The van der Waals surface area contributed by atoms with Gasteiger partial charge in [0.15, 0.2) is 0 Å². The van der Waals surface area contributed by atoms with Crippen molar-refractivity contribution in [1.29, 1.82) is 0 Å². The summed E-state index contributed by atoms with van der Waals surface area (Å²) in [5, 5.41) is 1.15. The molecule has 0 heterocycles. The summed E-state index contributed by atoms with van der Waals surface area (Å²) in [7, 11) is 1.78. The van der Waals surface area contributed by atoms with E-state index >= 15 is 0 Å². The molecule has 0 amide bonds. The van der Waals surface area contributed by atoms with E-state index in [1.807, 2.05) is 0 Å². The highest BCUT2D eigenvalue weighted by Gasteiger charge is 2.40. The molecule has 0 aromatic carbocycles. The van der Waals surface area contributed by atoms with Crippen LogP contribution in [-0.4, -0.2) is 19.0 Å². The van der Waals surface area contributed by atoms with Crippen molar-refractivity contribution in [3.05, 3.63) is 0 Å². The third kappa shape index (κ3) is 2.19. The number of methoxy groups -OCH3 is 1. The third-order valence-corrected chi connectivity index (χ3v) is 3.87. The standard InChI is InChI=1S/C9H17BrO/c1-8-5-9(6-8,7-10)3-4-11-2/h8H,3-7H2,1-2H3. The van der Waals surface area contributed by atoms with Gasteiger partial charge in [-0.2, -0.15) is 0 Å². The Morgan fingerprint density at radius 2 is 2.18 bits per heavy atom. The number of hydrogen-bond donors (Lipinski definition) is 0. The van der Waals surface area contributed by atoms with Gasteiger partial charge in [0.05, 0.1) is 0 Å². The largest absolute Gasteiger partial charge is 0.385 e. The molecule has 0 aromatic rings. The van der Waals surface area contributed by atoms with E-state index in [9.17, 15) is 0 Å². The minimum absolute atomic E-state index is 0.579. The quantitative estimate of drug-likeness (QED) is 0.663. The lowest BCUT2D eigenvalue weighted by Crippen LogP contribution is -2.38. The van der Waals surface area contributed by atoms with Crippen molar-refractivity contribution in [1.82, 2.24) is 0 Å². The Morgan fingerprint density at radius 1 is 1.55 bits per heavy atom. The van der Waals surface area contributed by atoms with E-state index in [1.165, 1.54) is 19.3 Å². The highest BCUT2D eigenvalue weighted by molar-refractivity contribution is 9.09. The normalized spacial score (nSPS) is 36.8. The average Bonchev–Trinajstić information content (AvgIpc) is 1.96. The first-order valence-electron chi connectivity index (χ1n) is 4.27. The molecule has 1 rings (SSSR count). The van der Waals surface area contributed by atoms with Gasteiger partial charge >= 0.3 is 0 Å². The van der Waals surface area contributed by atoms with Gasteiger partial charge in [0.1, 0.15) is 0 Å². The monoisotopic (exact) mass is 220 g/mol. The van der Waals surface area contributed by atoms with Crippen LogP contribution in [0.25, 0.3) is 0 Å². The molecule has 0 aromatic heterocycles. The minimum Gasteiger partial charge on any atom is -0.385 e. The van der Waals surface area contributed by atoms with Crippen LogP contribution < -0.4 is 0 Å². The zero-order valence-corrected chi connectivity index (χ0v) is 8.99. The summed E-state index contributed by atoms with van der Waals surface area (Å²) >= 11 is 3.59. The van der Waals surface area contributed by atoms with Gasteiger partial charge in [-0.15, -0.1) is 0 Å². The van der Waals surface area contributed by atoms with E-state index < -0.39 is 0 Å². The summed E-state index contributed by atoms with van der Waals surface area (Å²) in [6.07, 6.45) is 3.97. The molecule has 66 valence electrons. The van der Waals surface area contributed by atoms with Crippen molar-refractivity contribution in [2.24, 2.45) is 11.3 Å². The molecule has 0 radical (unpaired) electrons. The fraction of sp³-hybridized carbons (Fsp3) is 1.00. The lowest BCUT2D eigenvalue weighted by molar-refractivity contribution is 0.0492. The molecule has 0 unspecified atom stereocenters. The van der Waals surface area contributed by atoms with Crippen molar-refractivity contribution >= 4 is 15.9 Å². The molecule has 1 saturated carbocycles. The van der Waals surface area contributed by atoms with Crippen LogP contribution in [0.3, 0.4) is 0 Å². The van der Waals surface area contributed by atoms with E-state index in [4.69, 9.17) is 4.74 Å². The summed E-state index contributed by atoms with van der Waals surface area (Å²) in [5.41, 5.74) is 0.579. The second kappa shape index (κ2) is 3.90. The molecule has 2 heteroatoms. The SMILES string of the molecule is COCCC1(CBr)CC(C)C1. The second-order valence-electron chi connectivity index (χ2n) is 3.89. The van der Waals surface area contributed by atoms with Crippen LogP contribution in [0.2, 0.25) is 0 Å². The van der Waals surface area contributed by atoms with Crippen LogP contribution in [0.5, 0.6) is 0 Å². The zero-order chi connectivity index (χ0) is 8.32. The van der Waals surface area contributed by atoms with Crippen LogP contribution in [0, 0.1) is 11.3 Å². The molecular weight excluding hydrogens is 204 g/mol. The second-order valence-corrected chi connectivity index (χ2v) is 4.45. The number of alkyl halides is 1. The molecule has 1 aliphatic rings. The number of halogens is 1. The third-order valence-electron chi connectivity index (χ3n) is 2.68. The fourth-order valence-corrected chi connectivity index (χ4v) is 2.86. The first-order chi connectivity index (χ1) is 5.22. The number of ether oxygens (including phenoxy) is 1. The maximum absolute atomic E-state index is 5.09. The Hall–Kier alpha value is 0.440. The summed E-state index contributed by atoms with van der Waals surface area (Å²) in [5.74, 6) is 0.935. The molecule has 0 aliphatic heterocycles. The van der Waals surface area contributed by atoms with Gasteiger partial charge < -0.3 is 4.74 Å². The highest BCUT2D eigenvalue weighted by Crippen LogP contribution is 2.49. The summed E-state index contributed by atoms with van der Waals surface area (Å²) < 4.78 is 5.09. The van der Waals surface area contributed by atoms with Gasteiger partial charge in [-0.05, 0) is 30.6 Å². The summed E-state index contributed by atoms with van der Waals surface area (Å²) in [6.45, 7) is 3.24. The molecule has 0 atom stereocenters. The van der Waals surface area contributed by atoms with Crippen LogP contribution in [-0.2, 0) is 4.74 Å². The Labute approximate surface area is 77.6 Å². The van der Waals surface area contributed by atoms with Crippen LogP contribution in [0.1, 0.15) is 26.2 Å². The van der Waals surface area contributed by atoms with Crippen molar-refractivity contribution in [3.8, 4) is 0 Å². The van der Waals surface area contributed by atoms with Gasteiger partial charge in [-0.3, -0.25) is 0 Å². The van der Waals surface area contributed by atoms with E-state index in [1.54, 1.807) is 7.11 Å². The molecule has 1 nitrogen and oxygen atoms in total. The van der Waals surface area contributed by atoms with Crippen LogP contribution in [0.15, 0.2) is 0 Å². The Morgan fingerprint density at radius 3 is 2.55 bits per heavy atom. The first-order valence-corrected chi connectivity index (χ1v) is 5.39. The fourth-order valence-electron chi connectivity index (χ4n) is 2.12. The molecule has 0 spiro atoms. The maximum Gasteiger partial charge on any atom is 0.0467 e. The van der Waals surface area contributed by atoms with Gasteiger partial charge in [-0.25, -0.2) is 0 Å². The van der Waals surface area contributed by atoms with Crippen molar-refractivity contribution < 1.29 is 4.74 Å². The highest BCUT2D eigenvalue weighted by atomic mass is 79.9. The van der Waals surface area contributed by atoms with Gasteiger partial charge in [0, 0.05) is 19.0 Å². The Bertz CT molecular complexity index is 119. The molecule has 11 heavy (non-hydrogen) atoms. The maximum atomic E-state index is 5.09.